The number of rotatable bonds is 4. The van der Waals surface area contributed by atoms with Crippen molar-refractivity contribution in [1.29, 1.82) is 0 Å². The van der Waals surface area contributed by atoms with E-state index in [1.165, 1.54) is 11.3 Å². The van der Waals surface area contributed by atoms with Crippen molar-refractivity contribution in [2.75, 3.05) is 18.7 Å². The van der Waals surface area contributed by atoms with Crippen molar-refractivity contribution in [2.24, 2.45) is 11.8 Å². The van der Waals surface area contributed by atoms with Crippen LogP contribution in [0.2, 0.25) is 0 Å². The van der Waals surface area contributed by atoms with E-state index in [-0.39, 0.29) is 24.7 Å². The van der Waals surface area contributed by atoms with Crippen molar-refractivity contribution < 1.29 is 23.8 Å². The number of benzene rings is 1. The normalized spacial score (nSPS) is 30.8. The molecular formula is C20H17N3O5S. The number of amides is 2. The van der Waals surface area contributed by atoms with E-state index in [0.717, 1.165) is 5.56 Å². The van der Waals surface area contributed by atoms with E-state index >= 15 is 0 Å². The van der Waals surface area contributed by atoms with Crippen LogP contribution in [0.4, 0.5) is 5.13 Å². The van der Waals surface area contributed by atoms with Gasteiger partial charge in [-0.15, -0.1) is 11.3 Å². The molecule has 2 amide bonds. The van der Waals surface area contributed by atoms with Gasteiger partial charge in [0.2, 0.25) is 18.6 Å². The number of carbonyl (C=O) groups excluding carboxylic acids is 2. The Hall–Kier alpha value is -2.91. The first-order chi connectivity index (χ1) is 14.1. The second-order valence-corrected chi connectivity index (χ2v) is 8.50. The standard InChI is InChI=1S/C20H17N3O5S/c24-17(22-19-21-5-6-29-19)15-13-3-4-20(28-13)9-23(18(25)16(15)20)8-11-1-2-12-14(7-11)27-10-26-12/h1-7,13,15-16H,8-10H2,(H,21,22,24). The van der Waals surface area contributed by atoms with Gasteiger partial charge in [0, 0.05) is 18.1 Å². The molecule has 5 heterocycles. The Morgan fingerprint density at radius 3 is 3.10 bits per heavy atom. The van der Waals surface area contributed by atoms with Crippen LogP contribution < -0.4 is 14.8 Å². The quantitative estimate of drug-likeness (QED) is 0.772. The third-order valence-corrected chi connectivity index (χ3v) is 6.64. The molecule has 29 heavy (non-hydrogen) atoms. The molecule has 0 saturated carbocycles. The Bertz CT molecular complexity index is 1040. The average Bonchev–Trinajstić information content (AvgIpc) is 3.50. The molecule has 8 nitrogen and oxygen atoms in total. The Morgan fingerprint density at radius 1 is 1.34 bits per heavy atom. The van der Waals surface area contributed by atoms with E-state index in [1.807, 2.05) is 30.4 Å². The van der Waals surface area contributed by atoms with Crippen molar-refractivity contribution in [1.82, 2.24) is 9.88 Å². The molecule has 1 N–H and O–H groups in total. The van der Waals surface area contributed by atoms with Crippen LogP contribution in [0.1, 0.15) is 5.56 Å². The number of hydrogen-bond acceptors (Lipinski definition) is 7. The molecule has 9 heteroatoms. The zero-order valence-corrected chi connectivity index (χ0v) is 16.1. The highest BCUT2D eigenvalue weighted by Gasteiger charge is 2.66. The number of aromatic nitrogens is 1. The van der Waals surface area contributed by atoms with Crippen LogP contribution >= 0.6 is 11.3 Å². The number of hydrogen-bond donors (Lipinski definition) is 1. The summed E-state index contributed by atoms with van der Waals surface area (Å²) < 4.78 is 16.9. The van der Waals surface area contributed by atoms with Crippen LogP contribution in [-0.2, 0) is 20.9 Å². The predicted octanol–water partition coefficient (Wildman–Crippen LogP) is 1.79. The largest absolute Gasteiger partial charge is 0.454 e. The fourth-order valence-electron chi connectivity index (χ4n) is 4.75. The van der Waals surface area contributed by atoms with Gasteiger partial charge in [-0.25, -0.2) is 4.98 Å². The molecule has 2 fully saturated rings. The predicted molar refractivity (Wildman–Crippen MR) is 102 cm³/mol. The van der Waals surface area contributed by atoms with Crippen molar-refractivity contribution in [3.63, 3.8) is 0 Å². The Kier molecular flexibility index (Phi) is 3.54. The lowest BCUT2D eigenvalue weighted by Crippen LogP contribution is -2.41. The molecule has 2 bridgehead atoms. The summed E-state index contributed by atoms with van der Waals surface area (Å²) in [4.78, 5) is 32.1. The van der Waals surface area contributed by atoms with E-state index in [2.05, 4.69) is 10.3 Å². The second kappa shape index (κ2) is 6.04. The summed E-state index contributed by atoms with van der Waals surface area (Å²) >= 11 is 1.35. The van der Waals surface area contributed by atoms with Gasteiger partial charge in [-0.05, 0) is 17.7 Å². The topological polar surface area (TPSA) is 90.0 Å². The fraction of sp³-hybridized carbons (Fsp3) is 0.350. The first kappa shape index (κ1) is 17.0. The van der Waals surface area contributed by atoms with Gasteiger partial charge in [0.15, 0.2) is 16.6 Å². The molecule has 4 unspecified atom stereocenters. The van der Waals surface area contributed by atoms with E-state index in [0.29, 0.717) is 29.7 Å². The number of fused-ring (bicyclic) bond motifs is 2. The molecule has 1 aromatic heterocycles. The minimum Gasteiger partial charge on any atom is -0.454 e. The van der Waals surface area contributed by atoms with Crippen LogP contribution in [0.25, 0.3) is 0 Å². The monoisotopic (exact) mass is 411 g/mol. The number of thiazole rings is 1. The molecule has 4 aliphatic heterocycles. The molecule has 2 aromatic rings. The molecule has 6 rings (SSSR count). The third-order valence-electron chi connectivity index (χ3n) is 5.95. The Morgan fingerprint density at radius 2 is 2.24 bits per heavy atom. The van der Waals surface area contributed by atoms with Gasteiger partial charge in [-0.1, -0.05) is 18.2 Å². The zero-order chi connectivity index (χ0) is 19.6. The summed E-state index contributed by atoms with van der Waals surface area (Å²) in [5.41, 5.74) is 0.212. The summed E-state index contributed by atoms with van der Waals surface area (Å²) in [5, 5.41) is 5.14. The van der Waals surface area contributed by atoms with E-state index in [1.54, 1.807) is 16.5 Å². The van der Waals surface area contributed by atoms with Gasteiger partial charge in [-0.3, -0.25) is 9.59 Å². The lowest BCUT2D eigenvalue weighted by molar-refractivity contribution is -0.136. The maximum Gasteiger partial charge on any atom is 0.233 e. The van der Waals surface area contributed by atoms with Gasteiger partial charge >= 0.3 is 0 Å². The van der Waals surface area contributed by atoms with Crippen LogP contribution in [0, 0.1) is 11.8 Å². The first-order valence-corrected chi connectivity index (χ1v) is 10.3. The van der Waals surface area contributed by atoms with E-state index in [4.69, 9.17) is 14.2 Å². The molecule has 2 saturated heterocycles. The number of anilines is 1. The molecular weight excluding hydrogens is 394 g/mol. The second-order valence-electron chi connectivity index (χ2n) is 7.61. The highest BCUT2D eigenvalue weighted by molar-refractivity contribution is 7.13. The van der Waals surface area contributed by atoms with Crippen LogP contribution in [0.5, 0.6) is 11.5 Å². The lowest BCUT2D eigenvalue weighted by Gasteiger charge is -2.23. The molecule has 4 atom stereocenters. The van der Waals surface area contributed by atoms with E-state index < -0.39 is 17.4 Å². The third kappa shape index (κ3) is 2.50. The van der Waals surface area contributed by atoms with Crippen molar-refractivity contribution >= 4 is 28.3 Å². The van der Waals surface area contributed by atoms with Gasteiger partial charge in [0.05, 0.1) is 24.5 Å². The molecule has 1 aromatic carbocycles. The molecule has 1 spiro atoms. The SMILES string of the molecule is O=C(Nc1nccs1)C1C2C=CC3(CN(Cc4ccc5c(c4)OCO5)C(=O)C13)O2. The summed E-state index contributed by atoms with van der Waals surface area (Å²) in [5.74, 6) is 0.0314. The fourth-order valence-corrected chi connectivity index (χ4v) is 5.28. The lowest BCUT2D eigenvalue weighted by atomic mass is 9.77. The maximum absolute atomic E-state index is 13.3. The summed E-state index contributed by atoms with van der Waals surface area (Å²) in [6.07, 6.45) is 5.11. The molecule has 4 aliphatic rings. The molecule has 0 radical (unpaired) electrons. The van der Waals surface area contributed by atoms with Gasteiger partial charge in [0.1, 0.15) is 5.60 Å². The number of nitrogens with one attached hydrogen (secondary N) is 1. The highest BCUT2D eigenvalue weighted by atomic mass is 32.1. The average molecular weight is 411 g/mol. The smallest absolute Gasteiger partial charge is 0.233 e. The van der Waals surface area contributed by atoms with Crippen LogP contribution in [-0.4, -0.2) is 46.7 Å². The molecule has 148 valence electrons. The van der Waals surface area contributed by atoms with Crippen LogP contribution in [0.3, 0.4) is 0 Å². The minimum absolute atomic E-state index is 0.0613. The zero-order valence-electron chi connectivity index (χ0n) is 15.2. The summed E-state index contributed by atoms with van der Waals surface area (Å²) in [6.45, 7) is 1.07. The molecule has 0 aliphatic carbocycles. The number of carbonyl (C=O) groups is 2. The summed E-state index contributed by atoms with van der Waals surface area (Å²) in [6, 6.07) is 5.67. The highest BCUT2D eigenvalue weighted by Crippen LogP contribution is 2.52. The number of nitrogens with zero attached hydrogens (tertiary/aromatic N) is 2. The van der Waals surface area contributed by atoms with Crippen molar-refractivity contribution in [3.8, 4) is 11.5 Å². The summed E-state index contributed by atoms with van der Waals surface area (Å²) in [7, 11) is 0. The van der Waals surface area contributed by atoms with Gasteiger partial charge < -0.3 is 24.4 Å². The van der Waals surface area contributed by atoms with Crippen molar-refractivity contribution in [3.05, 3.63) is 47.5 Å². The minimum atomic E-state index is -0.733. The first-order valence-electron chi connectivity index (χ1n) is 9.38. The van der Waals surface area contributed by atoms with Crippen LogP contribution in [0.15, 0.2) is 41.9 Å². The number of likely N-dealkylation sites (tertiary alicyclic amines) is 1. The van der Waals surface area contributed by atoms with Gasteiger partial charge in [-0.2, -0.15) is 0 Å². The Balaban J connectivity index is 1.25. The van der Waals surface area contributed by atoms with E-state index in [9.17, 15) is 9.59 Å². The van der Waals surface area contributed by atoms with Gasteiger partial charge in [0.25, 0.3) is 0 Å². The Labute approximate surface area is 170 Å². The van der Waals surface area contributed by atoms with Crippen molar-refractivity contribution in [2.45, 2.75) is 18.2 Å². The number of ether oxygens (including phenoxy) is 3. The maximum atomic E-state index is 13.3.